The topological polar surface area (TPSA) is 91.4 Å². The maximum atomic E-state index is 12.8. The van der Waals surface area contributed by atoms with Crippen LogP contribution in [-0.4, -0.2) is 62.1 Å². The number of carbonyl (C=O) groups excluding carboxylic acids is 2. The number of rotatable bonds is 9. The number of hydrogen-bond donors (Lipinski definition) is 0. The van der Waals surface area contributed by atoms with E-state index in [1.807, 2.05) is 0 Å². The molecule has 1 amide bonds. The second-order valence-corrected chi connectivity index (χ2v) is 7.37. The first-order chi connectivity index (χ1) is 11.4. The highest BCUT2D eigenvalue weighted by atomic mass is 31.2. The first-order valence-corrected chi connectivity index (χ1v) is 10.1. The summed E-state index contributed by atoms with van der Waals surface area (Å²) in [5, 5.41) is 0. The van der Waals surface area contributed by atoms with Gasteiger partial charge >= 0.3 is 19.7 Å². The van der Waals surface area contributed by atoms with E-state index in [1.165, 1.54) is 4.90 Å². The highest BCUT2D eigenvalue weighted by Crippen LogP contribution is 2.51. The van der Waals surface area contributed by atoms with Crippen molar-refractivity contribution in [2.45, 2.75) is 40.2 Å². The predicted molar refractivity (Wildman–Crippen MR) is 88.0 cm³/mol. The smallest absolute Gasteiger partial charge is 0.410 e. The van der Waals surface area contributed by atoms with E-state index in [0.717, 1.165) is 0 Å². The maximum Gasteiger partial charge on any atom is 0.410 e. The van der Waals surface area contributed by atoms with Gasteiger partial charge in [0.05, 0.1) is 32.6 Å². The Morgan fingerprint density at radius 3 is 2.08 bits per heavy atom. The van der Waals surface area contributed by atoms with E-state index < -0.39 is 25.7 Å². The second-order valence-electron chi connectivity index (χ2n) is 5.27. The number of carbonyl (C=O) groups is 2. The summed E-state index contributed by atoms with van der Waals surface area (Å²) in [6.45, 7) is 8.10. The molecule has 0 aromatic rings. The molecule has 0 bridgehead atoms. The van der Waals surface area contributed by atoms with Crippen LogP contribution in [0.2, 0.25) is 0 Å². The normalized spacial score (nSPS) is 20.9. The van der Waals surface area contributed by atoms with Gasteiger partial charge in [-0.2, -0.15) is 0 Å². The van der Waals surface area contributed by atoms with Gasteiger partial charge in [-0.25, -0.2) is 9.59 Å². The lowest BCUT2D eigenvalue weighted by molar-refractivity contribution is -0.149. The van der Waals surface area contributed by atoms with Crippen LogP contribution in [0.1, 0.15) is 34.1 Å². The zero-order valence-corrected chi connectivity index (χ0v) is 15.8. The molecule has 8 nitrogen and oxygen atoms in total. The van der Waals surface area contributed by atoms with Gasteiger partial charge < -0.3 is 18.5 Å². The Morgan fingerprint density at radius 2 is 1.58 bits per heavy atom. The summed E-state index contributed by atoms with van der Waals surface area (Å²) in [7, 11) is -3.32. The van der Waals surface area contributed by atoms with Crippen LogP contribution in [0.15, 0.2) is 0 Å². The maximum absolute atomic E-state index is 12.8. The molecule has 1 aliphatic rings. The van der Waals surface area contributed by atoms with Crippen molar-refractivity contribution in [3.63, 3.8) is 0 Å². The van der Waals surface area contributed by atoms with Crippen LogP contribution < -0.4 is 0 Å². The average molecular weight is 365 g/mol. The third-order valence-corrected chi connectivity index (χ3v) is 5.88. The lowest BCUT2D eigenvalue weighted by Gasteiger charge is -2.27. The molecule has 1 rings (SSSR count). The fourth-order valence-corrected chi connectivity index (χ4v) is 4.86. The van der Waals surface area contributed by atoms with E-state index in [0.29, 0.717) is 13.0 Å². The van der Waals surface area contributed by atoms with Crippen LogP contribution in [0.3, 0.4) is 0 Å². The SMILES string of the molecule is CCOC(=O)[C@@H]1[C@@H](CP(=O)(OCC)OCC)CCN1C(=O)OCC. The summed E-state index contributed by atoms with van der Waals surface area (Å²) in [5.74, 6) is -0.884. The van der Waals surface area contributed by atoms with Gasteiger partial charge in [-0.05, 0) is 34.1 Å². The molecule has 0 saturated carbocycles. The van der Waals surface area contributed by atoms with Crippen LogP contribution in [0.25, 0.3) is 0 Å². The summed E-state index contributed by atoms with van der Waals surface area (Å²) in [4.78, 5) is 25.8. The minimum atomic E-state index is -3.32. The van der Waals surface area contributed by atoms with Gasteiger partial charge in [0.2, 0.25) is 0 Å². The molecule has 0 spiro atoms. The van der Waals surface area contributed by atoms with Crippen LogP contribution in [0.4, 0.5) is 4.79 Å². The van der Waals surface area contributed by atoms with Crippen molar-refractivity contribution in [2.24, 2.45) is 5.92 Å². The molecule has 1 saturated heterocycles. The Balaban J connectivity index is 2.96. The summed E-state index contributed by atoms with van der Waals surface area (Å²) >= 11 is 0. The van der Waals surface area contributed by atoms with E-state index in [9.17, 15) is 14.2 Å². The van der Waals surface area contributed by atoms with Crippen molar-refractivity contribution >= 4 is 19.7 Å². The molecule has 2 atom stereocenters. The standard InChI is InChI=1S/C15H28NO7P/c1-5-20-14(17)13-12(9-10-16(13)15(18)21-6-2)11-24(19,22-7-3)23-8-4/h12-13H,5-11H2,1-4H3/t12-,13+/m1/s1. The van der Waals surface area contributed by atoms with Gasteiger partial charge in [0.15, 0.2) is 0 Å². The largest absolute Gasteiger partial charge is 0.464 e. The van der Waals surface area contributed by atoms with E-state index >= 15 is 0 Å². The molecule has 1 heterocycles. The van der Waals surface area contributed by atoms with Gasteiger partial charge in [-0.3, -0.25) is 9.46 Å². The highest BCUT2D eigenvalue weighted by Gasteiger charge is 2.46. The number of likely N-dealkylation sites (tertiary alicyclic amines) is 1. The molecule has 0 radical (unpaired) electrons. The van der Waals surface area contributed by atoms with E-state index in [1.54, 1.807) is 27.7 Å². The molecule has 0 N–H and O–H groups in total. The monoisotopic (exact) mass is 365 g/mol. The number of hydrogen-bond acceptors (Lipinski definition) is 7. The number of nitrogens with zero attached hydrogens (tertiary/aromatic N) is 1. The third-order valence-electron chi connectivity index (χ3n) is 3.66. The number of ether oxygens (including phenoxy) is 2. The first kappa shape index (κ1) is 20.9. The van der Waals surface area contributed by atoms with Crippen LogP contribution >= 0.6 is 7.60 Å². The van der Waals surface area contributed by atoms with Gasteiger partial charge in [0, 0.05) is 12.5 Å². The lowest BCUT2D eigenvalue weighted by atomic mass is 10.0. The van der Waals surface area contributed by atoms with Crippen molar-refractivity contribution in [1.82, 2.24) is 4.90 Å². The summed E-state index contributed by atoms with van der Waals surface area (Å²) in [6, 6.07) is -0.835. The first-order valence-electron chi connectivity index (χ1n) is 8.40. The summed E-state index contributed by atoms with van der Waals surface area (Å²) in [5.41, 5.74) is 0. The van der Waals surface area contributed by atoms with Crippen molar-refractivity contribution in [2.75, 3.05) is 39.1 Å². The molecular formula is C15H28NO7P. The van der Waals surface area contributed by atoms with E-state index in [2.05, 4.69) is 0 Å². The zero-order chi connectivity index (χ0) is 18.2. The summed E-state index contributed by atoms with van der Waals surface area (Å²) in [6.07, 6.45) is 0.00115. The number of esters is 1. The molecule has 140 valence electrons. The van der Waals surface area contributed by atoms with Crippen molar-refractivity contribution in [3.8, 4) is 0 Å². The molecule has 0 aromatic carbocycles. The molecule has 1 aliphatic heterocycles. The van der Waals surface area contributed by atoms with Crippen LogP contribution in [-0.2, 0) is 27.9 Å². The molecule has 24 heavy (non-hydrogen) atoms. The Hall–Kier alpha value is -1.11. The van der Waals surface area contributed by atoms with Gasteiger partial charge in [-0.1, -0.05) is 0 Å². The summed E-state index contributed by atoms with van der Waals surface area (Å²) < 4.78 is 33.5. The molecule has 9 heteroatoms. The highest BCUT2D eigenvalue weighted by molar-refractivity contribution is 7.53. The molecule has 0 unspecified atom stereocenters. The predicted octanol–water partition coefficient (Wildman–Crippen LogP) is 2.66. The Bertz CT molecular complexity index is 461. The lowest BCUT2D eigenvalue weighted by Crippen LogP contribution is -2.45. The second kappa shape index (κ2) is 10.0. The number of amides is 1. The zero-order valence-electron chi connectivity index (χ0n) is 14.9. The van der Waals surface area contributed by atoms with Gasteiger partial charge in [0.1, 0.15) is 6.04 Å². The Labute approximate surface area is 143 Å². The van der Waals surface area contributed by atoms with Crippen molar-refractivity contribution < 1.29 is 32.7 Å². The average Bonchev–Trinajstić information content (AvgIpc) is 2.91. The van der Waals surface area contributed by atoms with Crippen molar-refractivity contribution in [1.29, 1.82) is 0 Å². The van der Waals surface area contributed by atoms with Gasteiger partial charge in [-0.15, -0.1) is 0 Å². The van der Waals surface area contributed by atoms with Crippen molar-refractivity contribution in [3.05, 3.63) is 0 Å². The fourth-order valence-electron chi connectivity index (χ4n) is 2.83. The van der Waals surface area contributed by atoms with Crippen LogP contribution in [0.5, 0.6) is 0 Å². The minimum absolute atomic E-state index is 0.0636. The Kier molecular flexibility index (Phi) is 8.73. The van der Waals surface area contributed by atoms with Gasteiger partial charge in [0.25, 0.3) is 0 Å². The quantitative estimate of drug-likeness (QED) is 0.458. The van der Waals surface area contributed by atoms with E-state index in [-0.39, 0.29) is 38.5 Å². The molecule has 0 aliphatic carbocycles. The van der Waals surface area contributed by atoms with E-state index in [4.69, 9.17) is 18.5 Å². The molecule has 1 fully saturated rings. The Morgan fingerprint density at radius 1 is 1.00 bits per heavy atom. The fraction of sp³-hybridized carbons (Fsp3) is 0.867. The minimum Gasteiger partial charge on any atom is -0.464 e. The van der Waals surface area contributed by atoms with Crippen LogP contribution in [0, 0.1) is 5.92 Å². The molecular weight excluding hydrogens is 337 g/mol. The third kappa shape index (κ3) is 5.46. The molecule has 0 aromatic heterocycles.